The zero-order chi connectivity index (χ0) is 14.7. The number of phenolic OH excluding ortho intramolecular Hbond substituents is 1. The third-order valence-corrected chi connectivity index (χ3v) is 3.98. The Balaban J connectivity index is 2.38. The van der Waals surface area contributed by atoms with Gasteiger partial charge < -0.3 is 19.5 Å². The van der Waals surface area contributed by atoms with Gasteiger partial charge in [0.1, 0.15) is 11.4 Å². The molecule has 0 unspecified atom stereocenters. The number of phenols is 1. The standard InChI is InChI=1S/C15H17NO4/c1-15(2)12(18)7-10-13(19)9-6-8(17)4-5-11(9)16(3)14(10)20-15/h4-6,12,17-18H,7H2,1-3H3/t12-/m0/s1. The fraction of sp³-hybridized carbons (Fsp3) is 0.400. The molecule has 0 spiro atoms. The van der Waals surface area contributed by atoms with E-state index in [0.29, 0.717) is 22.3 Å². The van der Waals surface area contributed by atoms with Gasteiger partial charge in [-0.1, -0.05) is 0 Å². The molecule has 106 valence electrons. The van der Waals surface area contributed by atoms with E-state index in [0.717, 1.165) is 0 Å². The normalized spacial score (nSPS) is 20.5. The summed E-state index contributed by atoms with van der Waals surface area (Å²) in [4.78, 5) is 12.5. The molecule has 2 aromatic rings. The van der Waals surface area contributed by atoms with Crippen molar-refractivity contribution in [2.45, 2.75) is 32.0 Å². The van der Waals surface area contributed by atoms with E-state index in [-0.39, 0.29) is 17.6 Å². The lowest BCUT2D eigenvalue weighted by atomic mass is 9.91. The third-order valence-electron chi connectivity index (χ3n) is 3.98. The fourth-order valence-electron chi connectivity index (χ4n) is 2.64. The summed E-state index contributed by atoms with van der Waals surface area (Å²) in [7, 11) is 1.81. The number of aromatic hydroxyl groups is 1. The van der Waals surface area contributed by atoms with Crippen LogP contribution >= 0.6 is 0 Å². The maximum absolute atomic E-state index is 12.5. The quantitative estimate of drug-likeness (QED) is 0.760. The van der Waals surface area contributed by atoms with Crippen molar-refractivity contribution < 1.29 is 14.9 Å². The number of hydrogen-bond donors (Lipinski definition) is 2. The van der Waals surface area contributed by atoms with Crippen molar-refractivity contribution in [1.29, 1.82) is 0 Å². The van der Waals surface area contributed by atoms with E-state index in [2.05, 4.69) is 0 Å². The van der Waals surface area contributed by atoms with Crippen LogP contribution in [0, 0.1) is 0 Å². The van der Waals surface area contributed by atoms with Crippen molar-refractivity contribution in [3.8, 4) is 11.6 Å². The molecule has 2 heterocycles. The van der Waals surface area contributed by atoms with Gasteiger partial charge in [0.2, 0.25) is 5.88 Å². The molecular formula is C15H17NO4. The highest BCUT2D eigenvalue weighted by Crippen LogP contribution is 2.33. The summed E-state index contributed by atoms with van der Waals surface area (Å²) < 4.78 is 7.62. The summed E-state index contributed by atoms with van der Waals surface area (Å²) in [5, 5.41) is 20.1. The molecule has 5 nitrogen and oxygen atoms in total. The summed E-state index contributed by atoms with van der Waals surface area (Å²) >= 11 is 0. The minimum atomic E-state index is -0.738. The number of ether oxygens (including phenoxy) is 1. The number of fused-ring (bicyclic) bond motifs is 2. The number of aliphatic hydroxyl groups excluding tert-OH is 1. The van der Waals surface area contributed by atoms with Gasteiger partial charge in [-0.15, -0.1) is 0 Å². The summed E-state index contributed by atoms with van der Waals surface area (Å²) in [6, 6.07) is 4.68. The second kappa shape index (κ2) is 3.99. The molecule has 1 aromatic carbocycles. The van der Waals surface area contributed by atoms with E-state index in [9.17, 15) is 15.0 Å². The second-order valence-electron chi connectivity index (χ2n) is 5.80. The predicted octanol–water partition coefficient (Wildman–Crippen LogP) is 1.32. The molecule has 0 aliphatic carbocycles. The Bertz CT molecular complexity index is 761. The van der Waals surface area contributed by atoms with Crippen LogP contribution in [0.1, 0.15) is 19.4 Å². The number of aliphatic hydroxyl groups is 1. The Hall–Kier alpha value is -2.01. The Labute approximate surface area is 116 Å². The molecule has 1 aliphatic heterocycles. The van der Waals surface area contributed by atoms with Crippen molar-refractivity contribution in [3.63, 3.8) is 0 Å². The molecule has 1 atom stereocenters. The van der Waals surface area contributed by atoms with Gasteiger partial charge in [0.15, 0.2) is 5.43 Å². The van der Waals surface area contributed by atoms with Crippen LogP contribution in [0.5, 0.6) is 11.6 Å². The number of benzene rings is 1. The molecule has 1 aromatic heterocycles. The maximum Gasteiger partial charge on any atom is 0.201 e. The van der Waals surface area contributed by atoms with Crippen LogP contribution in [0.2, 0.25) is 0 Å². The lowest BCUT2D eigenvalue weighted by Gasteiger charge is -2.37. The lowest BCUT2D eigenvalue weighted by Crippen LogP contribution is -2.48. The lowest BCUT2D eigenvalue weighted by molar-refractivity contribution is -0.0465. The first kappa shape index (κ1) is 13.0. The highest BCUT2D eigenvalue weighted by Gasteiger charge is 2.38. The molecule has 0 saturated carbocycles. The van der Waals surface area contributed by atoms with Crippen LogP contribution < -0.4 is 10.2 Å². The first-order valence-corrected chi connectivity index (χ1v) is 6.53. The maximum atomic E-state index is 12.5. The number of nitrogens with zero attached hydrogens (tertiary/aromatic N) is 1. The average Bonchev–Trinajstić information content (AvgIpc) is 2.38. The topological polar surface area (TPSA) is 71.7 Å². The Morgan fingerprint density at radius 2 is 2.10 bits per heavy atom. The highest BCUT2D eigenvalue weighted by atomic mass is 16.5. The highest BCUT2D eigenvalue weighted by molar-refractivity contribution is 5.82. The molecule has 20 heavy (non-hydrogen) atoms. The van der Waals surface area contributed by atoms with Gasteiger partial charge in [0.25, 0.3) is 0 Å². The largest absolute Gasteiger partial charge is 0.508 e. The molecule has 0 amide bonds. The molecule has 2 N–H and O–H groups in total. The molecule has 0 fully saturated rings. The third kappa shape index (κ3) is 1.70. The number of pyridine rings is 1. The molecule has 0 saturated heterocycles. The predicted molar refractivity (Wildman–Crippen MR) is 75.3 cm³/mol. The summed E-state index contributed by atoms with van der Waals surface area (Å²) in [5.74, 6) is 0.538. The Morgan fingerprint density at radius 1 is 1.40 bits per heavy atom. The number of hydrogen-bond acceptors (Lipinski definition) is 4. The van der Waals surface area contributed by atoms with Crippen LogP contribution in [0.3, 0.4) is 0 Å². The molecular weight excluding hydrogens is 258 g/mol. The van der Waals surface area contributed by atoms with Crippen LogP contribution in [-0.4, -0.2) is 26.5 Å². The summed E-state index contributed by atoms with van der Waals surface area (Å²) in [6.07, 6.45) is -0.488. The number of aromatic nitrogens is 1. The van der Waals surface area contributed by atoms with E-state index in [1.807, 2.05) is 7.05 Å². The van der Waals surface area contributed by atoms with Gasteiger partial charge >= 0.3 is 0 Å². The molecule has 5 heteroatoms. The minimum Gasteiger partial charge on any atom is -0.508 e. The van der Waals surface area contributed by atoms with Crippen molar-refractivity contribution in [2.75, 3.05) is 0 Å². The van der Waals surface area contributed by atoms with Crippen molar-refractivity contribution >= 4 is 10.9 Å². The van der Waals surface area contributed by atoms with E-state index >= 15 is 0 Å². The summed E-state index contributed by atoms with van der Waals surface area (Å²) in [6.45, 7) is 3.60. The zero-order valence-corrected chi connectivity index (χ0v) is 11.7. The monoisotopic (exact) mass is 275 g/mol. The van der Waals surface area contributed by atoms with Gasteiger partial charge in [-0.05, 0) is 32.0 Å². The molecule has 0 bridgehead atoms. The average molecular weight is 275 g/mol. The smallest absolute Gasteiger partial charge is 0.201 e. The van der Waals surface area contributed by atoms with Crippen molar-refractivity contribution in [2.24, 2.45) is 7.05 Å². The van der Waals surface area contributed by atoms with Gasteiger partial charge in [-0.2, -0.15) is 0 Å². The van der Waals surface area contributed by atoms with Crippen LogP contribution in [-0.2, 0) is 13.5 Å². The van der Waals surface area contributed by atoms with Gasteiger partial charge in [-0.25, -0.2) is 0 Å². The SMILES string of the molecule is Cn1c2c(c(=O)c3cc(O)ccc31)C[C@H](O)C(C)(C)O2. The molecule has 3 rings (SSSR count). The Morgan fingerprint density at radius 3 is 2.80 bits per heavy atom. The van der Waals surface area contributed by atoms with Gasteiger partial charge in [-0.3, -0.25) is 4.79 Å². The first-order valence-electron chi connectivity index (χ1n) is 6.53. The van der Waals surface area contributed by atoms with Crippen LogP contribution in [0.4, 0.5) is 0 Å². The second-order valence-corrected chi connectivity index (χ2v) is 5.80. The van der Waals surface area contributed by atoms with Crippen molar-refractivity contribution in [3.05, 3.63) is 34.0 Å². The van der Waals surface area contributed by atoms with E-state index in [4.69, 9.17) is 4.74 Å². The summed E-state index contributed by atoms with van der Waals surface area (Å²) in [5.41, 5.74) is 0.219. The molecule has 0 radical (unpaired) electrons. The van der Waals surface area contributed by atoms with Crippen LogP contribution in [0.25, 0.3) is 10.9 Å². The van der Waals surface area contributed by atoms with Gasteiger partial charge in [0.05, 0.1) is 17.2 Å². The minimum absolute atomic E-state index is 0.0483. The van der Waals surface area contributed by atoms with Crippen LogP contribution in [0.15, 0.2) is 23.0 Å². The van der Waals surface area contributed by atoms with E-state index in [1.54, 1.807) is 24.5 Å². The fourth-order valence-corrected chi connectivity index (χ4v) is 2.64. The zero-order valence-electron chi connectivity index (χ0n) is 11.7. The Kier molecular flexibility index (Phi) is 2.59. The number of rotatable bonds is 0. The van der Waals surface area contributed by atoms with E-state index in [1.165, 1.54) is 12.1 Å². The molecule has 1 aliphatic rings. The van der Waals surface area contributed by atoms with Crippen molar-refractivity contribution in [1.82, 2.24) is 4.57 Å². The first-order chi connectivity index (χ1) is 9.31. The van der Waals surface area contributed by atoms with E-state index < -0.39 is 11.7 Å². The number of aryl methyl sites for hydroxylation is 1. The van der Waals surface area contributed by atoms with Gasteiger partial charge in [0, 0.05) is 18.9 Å².